The molecule has 1 amide bonds. The molecule has 0 aliphatic carbocycles. The second-order valence-electron chi connectivity index (χ2n) is 5.80. The van der Waals surface area contributed by atoms with Crippen LogP contribution < -0.4 is 4.90 Å². The van der Waals surface area contributed by atoms with Crippen molar-refractivity contribution in [2.45, 2.75) is 13.8 Å². The molecule has 0 spiro atoms. The first kappa shape index (κ1) is 16.8. The molecule has 1 fully saturated rings. The second kappa shape index (κ2) is 8.15. The van der Waals surface area contributed by atoms with E-state index in [0.717, 1.165) is 32.7 Å². The van der Waals surface area contributed by atoms with Gasteiger partial charge in [-0.05, 0) is 31.2 Å². The van der Waals surface area contributed by atoms with Crippen molar-refractivity contribution in [2.75, 3.05) is 57.3 Å². The van der Waals surface area contributed by atoms with Crippen molar-refractivity contribution in [3.63, 3.8) is 0 Å². The van der Waals surface area contributed by atoms with E-state index in [0.29, 0.717) is 13.1 Å². The first-order chi connectivity index (χ1) is 10.6. The lowest BCUT2D eigenvalue weighted by molar-refractivity contribution is -0.132. The van der Waals surface area contributed by atoms with Gasteiger partial charge in [-0.3, -0.25) is 9.69 Å². The largest absolute Gasteiger partial charge is 0.395 e. The monoisotopic (exact) mass is 305 g/mol. The van der Waals surface area contributed by atoms with Crippen LogP contribution in [0.5, 0.6) is 0 Å². The average molecular weight is 305 g/mol. The van der Waals surface area contributed by atoms with Crippen molar-refractivity contribution in [1.29, 1.82) is 0 Å². The summed E-state index contributed by atoms with van der Waals surface area (Å²) in [6.07, 6.45) is 0. The number of piperazine rings is 1. The van der Waals surface area contributed by atoms with E-state index in [2.05, 4.69) is 36.1 Å². The lowest BCUT2D eigenvalue weighted by Gasteiger charge is -2.37. The number of anilines is 1. The number of benzene rings is 1. The molecular weight excluding hydrogens is 278 g/mol. The van der Waals surface area contributed by atoms with Crippen LogP contribution in [0.25, 0.3) is 0 Å². The minimum atomic E-state index is 0.0995. The summed E-state index contributed by atoms with van der Waals surface area (Å²) in [6, 6.07) is 8.50. The van der Waals surface area contributed by atoms with E-state index in [1.54, 1.807) is 0 Å². The number of carbonyl (C=O) groups is 1. The molecule has 0 saturated carbocycles. The molecule has 0 radical (unpaired) electrons. The van der Waals surface area contributed by atoms with Crippen LogP contribution in [0.4, 0.5) is 5.69 Å². The number of amides is 1. The number of hydrogen-bond acceptors (Lipinski definition) is 4. The van der Waals surface area contributed by atoms with Crippen LogP contribution in [-0.2, 0) is 4.79 Å². The molecule has 0 aromatic heterocycles. The van der Waals surface area contributed by atoms with E-state index >= 15 is 0 Å². The van der Waals surface area contributed by atoms with Gasteiger partial charge in [0.05, 0.1) is 13.2 Å². The minimum absolute atomic E-state index is 0.0995. The highest BCUT2D eigenvalue weighted by Gasteiger charge is 2.22. The maximum Gasteiger partial charge on any atom is 0.236 e. The first-order valence-electron chi connectivity index (χ1n) is 8.06. The summed E-state index contributed by atoms with van der Waals surface area (Å²) < 4.78 is 0. The molecule has 1 aromatic rings. The van der Waals surface area contributed by atoms with Crippen LogP contribution in [0.1, 0.15) is 12.5 Å². The van der Waals surface area contributed by atoms with Crippen molar-refractivity contribution >= 4 is 11.6 Å². The Morgan fingerprint density at radius 2 is 2.00 bits per heavy atom. The van der Waals surface area contributed by atoms with Crippen LogP contribution in [0.2, 0.25) is 0 Å². The zero-order chi connectivity index (χ0) is 15.9. The van der Waals surface area contributed by atoms with Crippen molar-refractivity contribution in [3.05, 3.63) is 29.8 Å². The summed E-state index contributed by atoms with van der Waals surface area (Å²) in [4.78, 5) is 18.6. The van der Waals surface area contributed by atoms with E-state index in [-0.39, 0.29) is 12.5 Å². The number of carbonyl (C=O) groups excluding carboxylic acids is 1. The van der Waals surface area contributed by atoms with Crippen LogP contribution in [0.3, 0.4) is 0 Å². The Labute approximate surface area is 133 Å². The van der Waals surface area contributed by atoms with Gasteiger partial charge in [0.15, 0.2) is 0 Å². The lowest BCUT2D eigenvalue weighted by Crippen LogP contribution is -2.51. The molecule has 5 heteroatoms. The van der Waals surface area contributed by atoms with Crippen LogP contribution in [0, 0.1) is 6.92 Å². The summed E-state index contributed by atoms with van der Waals surface area (Å²) in [5.41, 5.74) is 2.50. The first-order valence-corrected chi connectivity index (χ1v) is 8.06. The van der Waals surface area contributed by atoms with Gasteiger partial charge in [0, 0.05) is 38.4 Å². The summed E-state index contributed by atoms with van der Waals surface area (Å²) in [6.45, 7) is 9.25. The fraction of sp³-hybridized carbons (Fsp3) is 0.588. The molecule has 1 aliphatic rings. The Balaban J connectivity index is 1.85. The molecule has 1 N–H and O–H groups in total. The van der Waals surface area contributed by atoms with Gasteiger partial charge in [-0.2, -0.15) is 0 Å². The predicted molar refractivity (Wildman–Crippen MR) is 89.2 cm³/mol. The Hall–Kier alpha value is -1.59. The van der Waals surface area contributed by atoms with E-state index in [1.807, 2.05) is 16.7 Å². The van der Waals surface area contributed by atoms with Gasteiger partial charge in [0.25, 0.3) is 0 Å². The third-order valence-corrected chi connectivity index (χ3v) is 4.22. The van der Waals surface area contributed by atoms with Gasteiger partial charge in [-0.15, -0.1) is 0 Å². The van der Waals surface area contributed by atoms with E-state index in [4.69, 9.17) is 5.11 Å². The predicted octanol–water partition coefficient (Wildman–Crippen LogP) is 0.958. The quantitative estimate of drug-likeness (QED) is 0.850. The standard InChI is InChI=1S/C17H27N3O2/c1-3-18(11-12-21)14-17(22)20-9-7-19(8-10-20)16-6-4-5-15(2)13-16/h4-6,13,21H,3,7-12,14H2,1-2H3. The molecule has 0 bridgehead atoms. The van der Waals surface area contributed by atoms with Crippen molar-refractivity contribution in [3.8, 4) is 0 Å². The van der Waals surface area contributed by atoms with Crippen LogP contribution >= 0.6 is 0 Å². The lowest BCUT2D eigenvalue weighted by atomic mass is 10.2. The molecule has 2 rings (SSSR count). The average Bonchev–Trinajstić information content (AvgIpc) is 2.54. The fourth-order valence-corrected chi connectivity index (χ4v) is 2.82. The molecule has 1 aliphatic heterocycles. The smallest absolute Gasteiger partial charge is 0.236 e. The number of aliphatic hydroxyl groups excluding tert-OH is 1. The number of aryl methyl sites for hydroxylation is 1. The van der Waals surface area contributed by atoms with Crippen LogP contribution in [0.15, 0.2) is 24.3 Å². The molecule has 0 unspecified atom stereocenters. The fourth-order valence-electron chi connectivity index (χ4n) is 2.82. The summed E-state index contributed by atoms with van der Waals surface area (Å²) in [5.74, 6) is 0.166. The molecule has 1 saturated heterocycles. The highest BCUT2D eigenvalue weighted by atomic mass is 16.3. The Morgan fingerprint density at radius 1 is 1.27 bits per heavy atom. The normalized spacial score (nSPS) is 15.5. The number of aliphatic hydroxyl groups is 1. The summed E-state index contributed by atoms with van der Waals surface area (Å²) in [5, 5.41) is 9.00. The zero-order valence-electron chi connectivity index (χ0n) is 13.7. The third-order valence-electron chi connectivity index (χ3n) is 4.22. The summed E-state index contributed by atoms with van der Waals surface area (Å²) >= 11 is 0. The van der Waals surface area contributed by atoms with Gasteiger partial charge in [0.2, 0.25) is 5.91 Å². The topological polar surface area (TPSA) is 47.0 Å². The van der Waals surface area contributed by atoms with E-state index in [1.165, 1.54) is 11.3 Å². The zero-order valence-corrected chi connectivity index (χ0v) is 13.7. The molecule has 1 heterocycles. The molecule has 1 aromatic carbocycles. The maximum absolute atomic E-state index is 12.3. The highest BCUT2D eigenvalue weighted by molar-refractivity contribution is 5.78. The molecule has 0 atom stereocenters. The number of likely N-dealkylation sites (N-methyl/N-ethyl adjacent to an activating group) is 1. The number of rotatable bonds is 6. The van der Waals surface area contributed by atoms with E-state index in [9.17, 15) is 4.79 Å². The van der Waals surface area contributed by atoms with Gasteiger partial charge in [-0.1, -0.05) is 19.1 Å². The highest BCUT2D eigenvalue weighted by Crippen LogP contribution is 2.17. The molecular formula is C17H27N3O2. The third kappa shape index (κ3) is 4.45. The van der Waals surface area contributed by atoms with Gasteiger partial charge in [-0.25, -0.2) is 0 Å². The maximum atomic E-state index is 12.3. The van der Waals surface area contributed by atoms with Crippen molar-refractivity contribution in [1.82, 2.24) is 9.80 Å². The Bertz CT molecular complexity index is 485. The summed E-state index contributed by atoms with van der Waals surface area (Å²) in [7, 11) is 0. The van der Waals surface area contributed by atoms with Crippen molar-refractivity contribution in [2.24, 2.45) is 0 Å². The second-order valence-corrected chi connectivity index (χ2v) is 5.80. The van der Waals surface area contributed by atoms with Gasteiger partial charge < -0.3 is 14.9 Å². The number of nitrogens with zero attached hydrogens (tertiary/aromatic N) is 3. The Kier molecular flexibility index (Phi) is 6.21. The SMILES string of the molecule is CCN(CCO)CC(=O)N1CCN(c2cccc(C)c2)CC1. The minimum Gasteiger partial charge on any atom is -0.395 e. The van der Waals surface area contributed by atoms with Crippen molar-refractivity contribution < 1.29 is 9.90 Å². The number of hydrogen-bond donors (Lipinski definition) is 1. The molecule has 22 heavy (non-hydrogen) atoms. The van der Waals surface area contributed by atoms with Gasteiger partial charge >= 0.3 is 0 Å². The van der Waals surface area contributed by atoms with E-state index < -0.39 is 0 Å². The van der Waals surface area contributed by atoms with Gasteiger partial charge in [0.1, 0.15) is 0 Å². The Morgan fingerprint density at radius 3 is 2.59 bits per heavy atom. The van der Waals surface area contributed by atoms with Crippen LogP contribution in [-0.4, -0.2) is 73.2 Å². The molecule has 5 nitrogen and oxygen atoms in total. The molecule has 122 valence electrons.